The Kier molecular flexibility index (Phi) is 2.46. The van der Waals surface area contributed by atoms with Crippen molar-refractivity contribution in [2.24, 2.45) is 11.5 Å². The van der Waals surface area contributed by atoms with Crippen molar-refractivity contribution in [1.82, 2.24) is 0 Å². The zero-order valence-electron chi connectivity index (χ0n) is 7.97. The predicted molar refractivity (Wildman–Crippen MR) is 50.5 cm³/mol. The van der Waals surface area contributed by atoms with Gasteiger partial charge in [0.15, 0.2) is 0 Å². The molecule has 1 unspecified atom stereocenters. The SMILES string of the molecule is CC1(N)CC([N+](=O)[O-])=CC([N+](=O)[O-])=C1N. The van der Waals surface area contributed by atoms with Gasteiger partial charge in [0.05, 0.1) is 27.9 Å². The fourth-order valence-corrected chi connectivity index (χ4v) is 1.32. The molecule has 0 aromatic heterocycles. The van der Waals surface area contributed by atoms with E-state index in [4.69, 9.17) is 11.5 Å². The van der Waals surface area contributed by atoms with Gasteiger partial charge >= 0.3 is 0 Å². The van der Waals surface area contributed by atoms with Crippen molar-refractivity contribution in [1.29, 1.82) is 0 Å². The van der Waals surface area contributed by atoms with Gasteiger partial charge in [0.25, 0.3) is 11.4 Å². The number of rotatable bonds is 2. The molecule has 8 nitrogen and oxygen atoms in total. The van der Waals surface area contributed by atoms with Gasteiger partial charge in [-0.15, -0.1) is 0 Å². The molecule has 0 saturated carbocycles. The zero-order valence-corrected chi connectivity index (χ0v) is 7.97. The van der Waals surface area contributed by atoms with Gasteiger partial charge in [-0.2, -0.15) is 0 Å². The van der Waals surface area contributed by atoms with Gasteiger partial charge in [0, 0.05) is 0 Å². The predicted octanol–water partition coefficient (Wildman–Crippen LogP) is -0.285. The lowest BCUT2D eigenvalue weighted by Crippen LogP contribution is -2.46. The van der Waals surface area contributed by atoms with Crippen LogP contribution in [0.2, 0.25) is 0 Å². The second-order valence-electron chi connectivity index (χ2n) is 3.54. The molecule has 4 N–H and O–H groups in total. The summed E-state index contributed by atoms with van der Waals surface area (Å²) in [6.45, 7) is 1.42. The van der Waals surface area contributed by atoms with Gasteiger partial charge in [0.1, 0.15) is 5.70 Å². The third kappa shape index (κ3) is 1.94. The molecule has 0 bridgehead atoms. The number of hydrogen-bond acceptors (Lipinski definition) is 6. The molecule has 1 aliphatic carbocycles. The van der Waals surface area contributed by atoms with E-state index in [-0.39, 0.29) is 17.8 Å². The lowest BCUT2D eigenvalue weighted by Gasteiger charge is -2.25. The highest BCUT2D eigenvalue weighted by Crippen LogP contribution is 2.28. The Labute approximate surface area is 84.5 Å². The highest BCUT2D eigenvalue weighted by atomic mass is 16.6. The van der Waals surface area contributed by atoms with Gasteiger partial charge in [0.2, 0.25) is 0 Å². The minimum atomic E-state index is -1.25. The Morgan fingerprint density at radius 3 is 2.33 bits per heavy atom. The van der Waals surface area contributed by atoms with Gasteiger partial charge in [-0.3, -0.25) is 20.2 Å². The Morgan fingerprint density at radius 2 is 1.93 bits per heavy atom. The van der Waals surface area contributed by atoms with Crippen molar-refractivity contribution >= 4 is 0 Å². The molecule has 15 heavy (non-hydrogen) atoms. The molecule has 0 aliphatic heterocycles. The van der Waals surface area contributed by atoms with Crippen LogP contribution in [0.1, 0.15) is 13.3 Å². The lowest BCUT2D eigenvalue weighted by atomic mass is 9.88. The van der Waals surface area contributed by atoms with Crippen molar-refractivity contribution in [2.45, 2.75) is 18.9 Å². The third-order valence-corrected chi connectivity index (χ3v) is 2.17. The number of nitrogens with zero attached hydrogens (tertiary/aromatic N) is 2. The Morgan fingerprint density at radius 1 is 1.40 bits per heavy atom. The molecule has 0 heterocycles. The van der Waals surface area contributed by atoms with E-state index in [1.165, 1.54) is 6.92 Å². The first-order chi connectivity index (χ1) is 6.75. The van der Waals surface area contributed by atoms with Crippen LogP contribution in [-0.4, -0.2) is 15.4 Å². The van der Waals surface area contributed by atoms with E-state index in [1.54, 1.807) is 0 Å². The first-order valence-corrected chi connectivity index (χ1v) is 4.04. The average Bonchev–Trinajstić information content (AvgIpc) is 2.08. The van der Waals surface area contributed by atoms with E-state index in [9.17, 15) is 20.2 Å². The molecule has 0 fully saturated rings. The Hall–Kier alpha value is -1.96. The zero-order chi connectivity index (χ0) is 11.8. The van der Waals surface area contributed by atoms with Crippen LogP contribution in [-0.2, 0) is 0 Å². The normalized spacial score (nSPS) is 26.1. The number of nitro groups is 2. The van der Waals surface area contributed by atoms with Crippen LogP contribution in [0, 0.1) is 20.2 Å². The fourth-order valence-electron chi connectivity index (χ4n) is 1.32. The van der Waals surface area contributed by atoms with E-state index in [0.717, 1.165) is 6.08 Å². The number of hydrogen-bond donors (Lipinski definition) is 2. The molecule has 1 atom stereocenters. The summed E-state index contributed by atoms with van der Waals surface area (Å²) >= 11 is 0. The van der Waals surface area contributed by atoms with Gasteiger partial charge in [-0.05, 0) is 6.92 Å². The fraction of sp³-hybridized carbons (Fsp3) is 0.429. The van der Waals surface area contributed by atoms with E-state index in [0.29, 0.717) is 0 Å². The minimum absolute atomic E-state index is 0.122. The van der Waals surface area contributed by atoms with Crippen molar-refractivity contribution in [3.8, 4) is 0 Å². The van der Waals surface area contributed by atoms with Crippen molar-refractivity contribution in [3.05, 3.63) is 43.4 Å². The van der Waals surface area contributed by atoms with Crippen molar-refractivity contribution in [3.63, 3.8) is 0 Å². The second-order valence-corrected chi connectivity index (χ2v) is 3.54. The van der Waals surface area contributed by atoms with Crippen molar-refractivity contribution < 1.29 is 9.85 Å². The molecule has 1 aliphatic rings. The van der Waals surface area contributed by atoms with E-state index in [2.05, 4.69) is 0 Å². The average molecular weight is 214 g/mol. The first-order valence-electron chi connectivity index (χ1n) is 4.04. The van der Waals surface area contributed by atoms with Crippen LogP contribution in [0.15, 0.2) is 23.2 Å². The smallest absolute Gasteiger partial charge is 0.296 e. The maximum atomic E-state index is 10.6. The summed E-state index contributed by atoms with van der Waals surface area (Å²) in [6, 6.07) is 0. The van der Waals surface area contributed by atoms with Gasteiger partial charge < -0.3 is 11.5 Å². The molecule has 0 radical (unpaired) electrons. The summed E-state index contributed by atoms with van der Waals surface area (Å²) in [5.41, 5.74) is 8.91. The third-order valence-electron chi connectivity index (χ3n) is 2.17. The second kappa shape index (κ2) is 3.31. The Bertz CT molecular complexity index is 396. The summed E-state index contributed by atoms with van der Waals surface area (Å²) in [5.74, 6) is 0. The van der Waals surface area contributed by atoms with Crippen LogP contribution in [0.4, 0.5) is 0 Å². The quantitative estimate of drug-likeness (QED) is 0.478. The number of nitrogens with two attached hydrogens (primary N) is 2. The molecule has 0 amide bonds. The maximum absolute atomic E-state index is 10.6. The summed E-state index contributed by atoms with van der Waals surface area (Å²) in [6.07, 6.45) is 0.729. The largest absolute Gasteiger partial charge is 0.395 e. The number of allylic oxidation sites excluding steroid dienone is 1. The molecule has 1 rings (SSSR count). The van der Waals surface area contributed by atoms with Crippen LogP contribution >= 0.6 is 0 Å². The van der Waals surface area contributed by atoms with Crippen LogP contribution < -0.4 is 11.5 Å². The van der Waals surface area contributed by atoms with Crippen LogP contribution in [0.5, 0.6) is 0 Å². The van der Waals surface area contributed by atoms with Gasteiger partial charge in [-0.25, -0.2) is 0 Å². The molecule has 8 heteroatoms. The molecular formula is C7H10N4O4. The molecule has 0 aromatic rings. The van der Waals surface area contributed by atoms with E-state index < -0.39 is 21.1 Å². The van der Waals surface area contributed by atoms with E-state index >= 15 is 0 Å². The van der Waals surface area contributed by atoms with E-state index in [1.807, 2.05) is 0 Å². The molecule has 0 spiro atoms. The topological polar surface area (TPSA) is 138 Å². The summed E-state index contributed by atoms with van der Waals surface area (Å²) in [5, 5.41) is 21.1. The molecule has 0 aromatic carbocycles. The summed E-state index contributed by atoms with van der Waals surface area (Å²) in [7, 11) is 0. The van der Waals surface area contributed by atoms with Crippen LogP contribution in [0.3, 0.4) is 0 Å². The Balaban J connectivity index is 3.30. The van der Waals surface area contributed by atoms with Gasteiger partial charge in [-0.1, -0.05) is 0 Å². The molecule has 0 saturated heterocycles. The standard InChI is InChI=1S/C7H10N4O4/c1-7(9)3-4(10(12)13)2-5(6(7)8)11(14)15/h2H,3,8-9H2,1H3. The first kappa shape index (κ1) is 11.1. The van der Waals surface area contributed by atoms with Crippen LogP contribution in [0.25, 0.3) is 0 Å². The van der Waals surface area contributed by atoms with Crippen molar-refractivity contribution in [2.75, 3.05) is 0 Å². The summed E-state index contributed by atoms with van der Waals surface area (Å²) < 4.78 is 0. The highest BCUT2D eigenvalue weighted by Gasteiger charge is 2.39. The molecule has 82 valence electrons. The molecular weight excluding hydrogens is 204 g/mol. The maximum Gasteiger partial charge on any atom is 0.296 e. The minimum Gasteiger partial charge on any atom is -0.395 e. The monoisotopic (exact) mass is 214 g/mol. The highest BCUT2D eigenvalue weighted by molar-refractivity contribution is 5.33. The summed E-state index contributed by atoms with van der Waals surface area (Å²) in [4.78, 5) is 19.6. The lowest BCUT2D eigenvalue weighted by molar-refractivity contribution is -0.440.